The van der Waals surface area contributed by atoms with Gasteiger partial charge in [-0.05, 0) is 80.3 Å². The van der Waals surface area contributed by atoms with Crippen molar-refractivity contribution in [2.45, 2.75) is 62.8 Å². The maximum absolute atomic E-state index is 15.1. The molecule has 37 heavy (non-hydrogen) atoms. The second-order valence-corrected chi connectivity index (χ2v) is 10.3. The van der Waals surface area contributed by atoms with Crippen molar-refractivity contribution in [1.82, 2.24) is 9.47 Å². The van der Waals surface area contributed by atoms with Gasteiger partial charge in [-0.2, -0.15) is 0 Å². The Morgan fingerprint density at radius 2 is 1.86 bits per heavy atom. The molecule has 3 saturated heterocycles. The van der Waals surface area contributed by atoms with Crippen molar-refractivity contribution in [3.05, 3.63) is 64.8 Å². The van der Waals surface area contributed by atoms with Gasteiger partial charge in [-0.3, -0.25) is 14.3 Å². The highest BCUT2D eigenvalue weighted by Gasteiger charge is 2.41. The van der Waals surface area contributed by atoms with E-state index >= 15 is 4.39 Å². The Bertz CT molecular complexity index is 1310. The van der Waals surface area contributed by atoms with E-state index in [9.17, 15) is 9.18 Å². The third-order valence-electron chi connectivity index (χ3n) is 8.01. The second-order valence-electron chi connectivity index (χ2n) is 10.3. The molecule has 0 spiro atoms. The van der Waals surface area contributed by atoms with E-state index < -0.39 is 5.82 Å². The summed E-state index contributed by atoms with van der Waals surface area (Å²) in [5.74, 6) is 0.381. The molecular formula is C29H32F2N2O4. The van der Waals surface area contributed by atoms with Crippen LogP contribution in [0.5, 0.6) is 11.5 Å². The van der Waals surface area contributed by atoms with Gasteiger partial charge in [-0.25, -0.2) is 8.78 Å². The van der Waals surface area contributed by atoms with Crippen LogP contribution in [0.15, 0.2) is 53.5 Å². The first-order valence-electron chi connectivity index (χ1n) is 13.3. The molecule has 1 aromatic heterocycles. The van der Waals surface area contributed by atoms with Crippen LogP contribution in [-0.4, -0.2) is 60.2 Å². The fourth-order valence-electron chi connectivity index (χ4n) is 6.18. The molecule has 8 heteroatoms. The van der Waals surface area contributed by atoms with Crippen molar-refractivity contribution in [2.24, 2.45) is 0 Å². The summed E-state index contributed by atoms with van der Waals surface area (Å²) in [6, 6.07) is 12.5. The molecule has 3 aliphatic rings. The Morgan fingerprint density at radius 3 is 2.59 bits per heavy atom. The molecule has 0 N–H and O–H groups in total. The first kappa shape index (κ1) is 24.4. The molecule has 4 atom stereocenters. The molecule has 196 valence electrons. The quantitative estimate of drug-likeness (QED) is 0.426. The number of hydrogen-bond donors (Lipinski definition) is 0. The maximum atomic E-state index is 15.1. The molecule has 3 aromatic rings. The van der Waals surface area contributed by atoms with E-state index in [1.54, 1.807) is 30.5 Å². The maximum Gasteiger partial charge on any atom is 0.262 e. The summed E-state index contributed by atoms with van der Waals surface area (Å²) < 4.78 is 46.9. The van der Waals surface area contributed by atoms with Gasteiger partial charge < -0.3 is 14.2 Å². The molecular weight excluding hydrogens is 478 g/mol. The van der Waals surface area contributed by atoms with Crippen LogP contribution in [0.2, 0.25) is 0 Å². The first-order valence-corrected chi connectivity index (χ1v) is 13.3. The minimum absolute atomic E-state index is 0.0891. The van der Waals surface area contributed by atoms with Gasteiger partial charge in [0.2, 0.25) is 0 Å². The molecule has 3 aliphatic heterocycles. The van der Waals surface area contributed by atoms with E-state index in [4.69, 9.17) is 14.2 Å². The molecule has 2 unspecified atom stereocenters. The molecule has 4 heterocycles. The van der Waals surface area contributed by atoms with Crippen molar-refractivity contribution in [3.63, 3.8) is 0 Å². The van der Waals surface area contributed by atoms with E-state index in [-0.39, 0.29) is 30.2 Å². The zero-order chi connectivity index (χ0) is 25.4. The minimum Gasteiger partial charge on any atom is -0.491 e. The Morgan fingerprint density at radius 1 is 1.03 bits per heavy atom. The Balaban J connectivity index is 1.16. The van der Waals surface area contributed by atoms with E-state index in [0.717, 1.165) is 50.5 Å². The van der Waals surface area contributed by atoms with Gasteiger partial charge in [0.1, 0.15) is 25.1 Å². The third-order valence-corrected chi connectivity index (χ3v) is 8.01. The highest BCUT2D eigenvalue weighted by Crippen LogP contribution is 2.37. The minimum atomic E-state index is -0.499. The molecule has 6 nitrogen and oxygen atoms in total. The van der Waals surface area contributed by atoms with Crippen molar-refractivity contribution in [2.75, 3.05) is 26.4 Å². The largest absolute Gasteiger partial charge is 0.491 e. The van der Waals surface area contributed by atoms with E-state index in [0.29, 0.717) is 42.1 Å². The van der Waals surface area contributed by atoms with Crippen LogP contribution in [0, 0.1) is 5.82 Å². The summed E-state index contributed by atoms with van der Waals surface area (Å²) in [5, 5.41) is 1.29. The monoisotopic (exact) mass is 510 g/mol. The van der Waals surface area contributed by atoms with Crippen LogP contribution in [0.3, 0.4) is 0 Å². The Labute approximate surface area is 214 Å². The van der Waals surface area contributed by atoms with E-state index in [2.05, 4.69) is 4.90 Å². The topological polar surface area (TPSA) is 52.9 Å². The molecule has 0 amide bonds. The number of halogens is 2. The lowest BCUT2D eigenvalue weighted by Crippen LogP contribution is -2.47. The number of pyridine rings is 1. The number of alkyl halides is 1. The van der Waals surface area contributed by atoms with E-state index in [1.807, 2.05) is 12.1 Å². The number of fused-ring (bicyclic) bond motifs is 3. The van der Waals surface area contributed by atoms with Crippen molar-refractivity contribution in [3.8, 4) is 17.2 Å². The van der Waals surface area contributed by atoms with E-state index in [1.165, 1.54) is 10.6 Å². The van der Waals surface area contributed by atoms with Gasteiger partial charge in [-0.15, -0.1) is 0 Å². The smallest absolute Gasteiger partial charge is 0.262 e. The fourth-order valence-corrected chi connectivity index (χ4v) is 6.18. The van der Waals surface area contributed by atoms with Crippen LogP contribution in [-0.2, 0) is 4.74 Å². The summed E-state index contributed by atoms with van der Waals surface area (Å²) >= 11 is 0. The predicted octanol–water partition coefficient (Wildman–Crippen LogP) is 5.03. The Kier molecular flexibility index (Phi) is 6.86. The number of benzene rings is 2. The summed E-state index contributed by atoms with van der Waals surface area (Å²) in [6.07, 6.45) is 7.38. The highest BCUT2D eigenvalue weighted by molar-refractivity contribution is 5.83. The summed E-state index contributed by atoms with van der Waals surface area (Å²) in [4.78, 5) is 15.4. The van der Waals surface area contributed by atoms with Crippen LogP contribution in [0.25, 0.3) is 16.5 Å². The summed E-state index contributed by atoms with van der Waals surface area (Å²) in [5.41, 5.74) is 0.210. The average molecular weight is 511 g/mol. The van der Waals surface area contributed by atoms with Gasteiger partial charge in [0.05, 0.1) is 11.8 Å². The number of ether oxygens (including phenoxy) is 3. The lowest BCUT2D eigenvalue weighted by Gasteiger charge is -2.38. The van der Waals surface area contributed by atoms with Crippen LogP contribution in [0.4, 0.5) is 8.78 Å². The molecule has 2 aromatic carbocycles. The molecule has 6 rings (SSSR count). The number of piperidine rings is 1. The van der Waals surface area contributed by atoms with Crippen LogP contribution >= 0.6 is 0 Å². The van der Waals surface area contributed by atoms with Crippen molar-refractivity contribution >= 4 is 10.8 Å². The van der Waals surface area contributed by atoms with Gasteiger partial charge in [-0.1, -0.05) is 0 Å². The standard InChI is InChI=1S/C29H32F2N2O4/c30-10-12-32-20-3-4-21(32)16-25(15-20)37-28-8-5-22(17-27(28)31)33-11-9-19-14-23(6-7-26(19)29(33)34)36-18-24-2-1-13-35-24/h5-9,11,14,17,20-21,24-25H,1-4,10,12-13,15-16,18H2/t20-,21+,24?,25?. The van der Waals surface area contributed by atoms with Crippen molar-refractivity contribution < 1.29 is 23.0 Å². The molecule has 3 fully saturated rings. The van der Waals surface area contributed by atoms with Gasteiger partial charge in [0.25, 0.3) is 5.56 Å². The number of nitrogens with zero attached hydrogens (tertiary/aromatic N) is 2. The second kappa shape index (κ2) is 10.4. The van der Waals surface area contributed by atoms with Crippen LogP contribution < -0.4 is 15.0 Å². The van der Waals surface area contributed by atoms with Crippen LogP contribution in [0.1, 0.15) is 38.5 Å². The van der Waals surface area contributed by atoms with Crippen molar-refractivity contribution in [1.29, 1.82) is 0 Å². The highest BCUT2D eigenvalue weighted by atomic mass is 19.1. The summed E-state index contributed by atoms with van der Waals surface area (Å²) in [7, 11) is 0. The molecule has 0 radical (unpaired) electrons. The SMILES string of the molecule is O=c1c2ccc(OCC3CCCO3)cc2ccn1-c1ccc(OC2C[C@H]3CC[C@@H](C2)N3CCF)c(F)c1. The zero-order valence-corrected chi connectivity index (χ0v) is 20.8. The molecule has 0 saturated carbocycles. The lowest BCUT2D eigenvalue weighted by atomic mass is 9.99. The number of aromatic nitrogens is 1. The first-order chi connectivity index (χ1) is 18.1. The normalized spacial score (nSPS) is 25.6. The van der Waals surface area contributed by atoms with Gasteiger partial charge in [0, 0.05) is 42.9 Å². The number of hydrogen-bond acceptors (Lipinski definition) is 5. The zero-order valence-electron chi connectivity index (χ0n) is 20.8. The molecule has 2 bridgehead atoms. The molecule has 0 aliphatic carbocycles. The average Bonchev–Trinajstić information content (AvgIpc) is 3.50. The van der Waals surface area contributed by atoms with Gasteiger partial charge in [0.15, 0.2) is 11.6 Å². The number of rotatable bonds is 8. The fraction of sp³-hybridized carbons (Fsp3) is 0.483. The lowest BCUT2D eigenvalue weighted by molar-refractivity contribution is 0.0440. The predicted molar refractivity (Wildman–Crippen MR) is 137 cm³/mol. The summed E-state index contributed by atoms with van der Waals surface area (Å²) in [6.45, 7) is 1.40. The Hall–Kier alpha value is -2.97. The third kappa shape index (κ3) is 4.97. The van der Waals surface area contributed by atoms with Gasteiger partial charge >= 0.3 is 0 Å².